The highest BCUT2D eigenvalue weighted by Gasteiger charge is 2.27. The van der Waals surface area contributed by atoms with Crippen LogP contribution in [0.3, 0.4) is 0 Å². The highest BCUT2D eigenvalue weighted by molar-refractivity contribution is 9.10. The van der Waals surface area contributed by atoms with E-state index in [0.717, 1.165) is 6.07 Å². The van der Waals surface area contributed by atoms with Gasteiger partial charge in [-0.25, -0.2) is 8.78 Å². The van der Waals surface area contributed by atoms with Crippen molar-refractivity contribution >= 4 is 21.6 Å². The smallest absolute Gasteiger partial charge is 0.382 e. The number of ether oxygens (including phenoxy) is 1. The zero-order valence-corrected chi connectivity index (χ0v) is 11.2. The minimum Gasteiger partial charge on any atom is -0.382 e. The van der Waals surface area contributed by atoms with Gasteiger partial charge in [-0.15, -0.1) is 0 Å². The molecule has 0 spiro atoms. The van der Waals surface area contributed by atoms with E-state index in [2.05, 4.69) is 26.0 Å². The molecule has 1 aromatic carbocycles. The Bertz CT molecular complexity index is 401. The van der Waals surface area contributed by atoms with E-state index >= 15 is 0 Å². The average Bonchev–Trinajstić information content (AvgIpc) is 2.24. The van der Waals surface area contributed by atoms with Gasteiger partial charge in [0, 0.05) is 23.7 Å². The fourth-order valence-electron chi connectivity index (χ4n) is 1.29. The monoisotopic (exact) mass is 347 g/mol. The van der Waals surface area contributed by atoms with Crippen LogP contribution >= 0.6 is 15.9 Å². The Morgan fingerprint density at radius 1 is 1.21 bits per heavy atom. The first-order chi connectivity index (χ1) is 8.79. The second kappa shape index (κ2) is 7.04. The number of hydrogen-bond donors (Lipinski definition) is 1. The van der Waals surface area contributed by atoms with Crippen LogP contribution in [0.1, 0.15) is 6.42 Å². The van der Waals surface area contributed by atoms with Crippen molar-refractivity contribution in [2.24, 2.45) is 0 Å². The number of anilines is 1. The van der Waals surface area contributed by atoms with Crippen molar-refractivity contribution < 1.29 is 26.7 Å². The normalized spacial score (nSPS) is 11.7. The van der Waals surface area contributed by atoms with Crippen LogP contribution in [-0.2, 0) is 4.74 Å². The maximum atomic E-state index is 13.3. The van der Waals surface area contributed by atoms with Crippen LogP contribution in [0.15, 0.2) is 16.6 Å². The fourth-order valence-corrected chi connectivity index (χ4v) is 1.83. The number of nitrogens with one attached hydrogen (secondary N) is 1. The molecule has 0 unspecified atom stereocenters. The summed E-state index contributed by atoms with van der Waals surface area (Å²) in [5.41, 5.74) is 0.0669. The first-order valence-corrected chi connectivity index (χ1v) is 6.12. The highest BCUT2D eigenvalue weighted by atomic mass is 79.9. The number of benzene rings is 1. The van der Waals surface area contributed by atoms with Gasteiger partial charge in [-0.2, -0.15) is 13.2 Å². The Balaban J connectivity index is 2.30. The maximum Gasteiger partial charge on any atom is 0.411 e. The second-order valence-corrected chi connectivity index (χ2v) is 4.55. The molecule has 0 saturated heterocycles. The largest absolute Gasteiger partial charge is 0.411 e. The van der Waals surface area contributed by atoms with Gasteiger partial charge < -0.3 is 10.1 Å². The molecule has 0 radical (unpaired) electrons. The van der Waals surface area contributed by atoms with E-state index in [1.54, 1.807) is 0 Å². The zero-order valence-electron chi connectivity index (χ0n) is 9.66. The van der Waals surface area contributed by atoms with Crippen molar-refractivity contribution in [2.75, 3.05) is 25.1 Å². The molecule has 0 amide bonds. The van der Waals surface area contributed by atoms with Crippen molar-refractivity contribution in [3.05, 3.63) is 28.2 Å². The van der Waals surface area contributed by atoms with Crippen molar-refractivity contribution in [3.63, 3.8) is 0 Å². The van der Waals surface area contributed by atoms with Gasteiger partial charge in [-0.1, -0.05) is 0 Å². The predicted molar refractivity (Wildman–Crippen MR) is 64.0 cm³/mol. The Kier molecular flexibility index (Phi) is 5.99. The van der Waals surface area contributed by atoms with Gasteiger partial charge in [0.15, 0.2) is 0 Å². The predicted octanol–water partition coefficient (Wildman–Crippen LogP) is 4.11. The minimum absolute atomic E-state index is 0.0669. The molecule has 0 bridgehead atoms. The van der Waals surface area contributed by atoms with Gasteiger partial charge in [0.05, 0.1) is 5.69 Å². The Morgan fingerprint density at radius 3 is 2.47 bits per heavy atom. The molecule has 0 aliphatic carbocycles. The molecule has 0 heterocycles. The average molecular weight is 348 g/mol. The van der Waals surface area contributed by atoms with Gasteiger partial charge in [0.25, 0.3) is 0 Å². The third-order valence-corrected chi connectivity index (χ3v) is 2.67. The van der Waals surface area contributed by atoms with Crippen LogP contribution in [0.2, 0.25) is 0 Å². The molecular weight excluding hydrogens is 337 g/mol. The molecule has 0 saturated carbocycles. The molecule has 1 aromatic rings. The minimum atomic E-state index is -4.35. The SMILES string of the molecule is Fc1cc(F)c(NCCCOCC(F)(F)F)c(Br)c1. The summed E-state index contributed by atoms with van der Waals surface area (Å²) in [5.74, 6) is -1.49. The summed E-state index contributed by atoms with van der Waals surface area (Å²) in [7, 11) is 0. The van der Waals surface area contributed by atoms with Gasteiger partial charge in [-0.3, -0.25) is 0 Å². The molecule has 19 heavy (non-hydrogen) atoms. The van der Waals surface area contributed by atoms with E-state index in [0.29, 0.717) is 6.07 Å². The summed E-state index contributed by atoms with van der Waals surface area (Å²) in [6.07, 6.45) is -4.08. The molecule has 2 nitrogen and oxygen atoms in total. The lowest BCUT2D eigenvalue weighted by molar-refractivity contribution is -0.173. The van der Waals surface area contributed by atoms with E-state index in [-0.39, 0.29) is 29.7 Å². The third kappa shape index (κ3) is 6.20. The lowest BCUT2D eigenvalue weighted by Gasteiger charge is -2.11. The van der Waals surface area contributed by atoms with E-state index in [9.17, 15) is 22.0 Å². The lowest BCUT2D eigenvalue weighted by atomic mass is 10.3. The van der Waals surface area contributed by atoms with E-state index in [4.69, 9.17) is 0 Å². The van der Waals surface area contributed by atoms with Gasteiger partial charge in [-0.05, 0) is 28.4 Å². The standard InChI is InChI=1S/C11H11BrF5NO/c12-8-4-7(13)5-9(14)10(8)18-2-1-3-19-6-11(15,16)17/h4-5,18H,1-3,6H2. The molecule has 0 aliphatic heterocycles. The molecular formula is C11H11BrF5NO. The Hall–Kier alpha value is -0.890. The van der Waals surface area contributed by atoms with Crippen molar-refractivity contribution in [3.8, 4) is 0 Å². The van der Waals surface area contributed by atoms with Gasteiger partial charge >= 0.3 is 6.18 Å². The summed E-state index contributed by atoms with van der Waals surface area (Å²) >= 11 is 2.98. The van der Waals surface area contributed by atoms with E-state index < -0.39 is 24.4 Å². The van der Waals surface area contributed by atoms with Crippen LogP contribution in [0, 0.1) is 11.6 Å². The van der Waals surface area contributed by atoms with Crippen LogP contribution in [0.25, 0.3) is 0 Å². The van der Waals surface area contributed by atoms with Crippen molar-refractivity contribution in [2.45, 2.75) is 12.6 Å². The third-order valence-electron chi connectivity index (χ3n) is 2.04. The number of alkyl halides is 3. The summed E-state index contributed by atoms with van der Waals surface area (Å²) in [4.78, 5) is 0. The maximum absolute atomic E-state index is 13.3. The Labute approximate surface area is 115 Å². The van der Waals surface area contributed by atoms with Crippen LogP contribution in [-0.4, -0.2) is 25.9 Å². The molecule has 1 rings (SSSR count). The first-order valence-electron chi connectivity index (χ1n) is 5.32. The number of rotatable bonds is 6. The fraction of sp³-hybridized carbons (Fsp3) is 0.455. The zero-order chi connectivity index (χ0) is 14.5. The summed E-state index contributed by atoms with van der Waals surface area (Å²) < 4.78 is 65.9. The lowest BCUT2D eigenvalue weighted by Crippen LogP contribution is -2.18. The van der Waals surface area contributed by atoms with Crippen molar-refractivity contribution in [1.29, 1.82) is 0 Å². The molecule has 0 fully saturated rings. The van der Waals surface area contributed by atoms with Gasteiger partial charge in [0.2, 0.25) is 0 Å². The summed E-state index contributed by atoms with van der Waals surface area (Å²) in [6, 6.07) is 1.80. The Morgan fingerprint density at radius 2 is 1.89 bits per heavy atom. The summed E-state index contributed by atoms with van der Waals surface area (Å²) in [5, 5.41) is 2.66. The van der Waals surface area contributed by atoms with E-state index in [1.165, 1.54) is 0 Å². The summed E-state index contributed by atoms with van der Waals surface area (Å²) in [6.45, 7) is -1.20. The molecule has 108 valence electrons. The topological polar surface area (TPSA) is 21.3 Å². The molecule has 0 atom stereocenters. The van der Waals surface area contributed by atoms with Gasteiger partial charge in [0.1, 0.15) is 18.2 Å². The molecule has 8 heteroatoms. The van der Waals surface area contributed by atoms with Crippen LogP contribution in [0.4, 0.5) is 27.6 Å². The van der Waals surface area contributed by atoms with Crippen LogP contribution in [0.5, 0.6) is 0 Å². The number of hydrogen-bond acceptors (Lipinski definition) is 2. The molecule has 0 aliphatic rings. The highest BCUT2D eigenvalue weighted by Crippen LogP contribution is 2.26. The number of halogens is 6. The quantitative estimate of drug-likeness (QED) is 0.617. The van der Waals surface area contributed by atoms with E-state index in [1.807, 2.05) is 0 Å². The van der Waals surface area contributed by atoms with Crippen molar-refractivity contribution in [1.82, 2.24) is 0 Å². The second-order valence-electron chi connectivity index (χ2n) is 3.69. The first kappa shape index (κ1) is 16.2. The molecule has 1 N–H and O–H groups in total. The van der Waals surface area contributed by atoms with Crippen LogP contribution < -0.4 is 5.32 Å². The molecule has 0 aromatic heterocycles.